The van der Waals surface area contributed by atoms with E-state index in [1.54, 1.807) is 6.92 Å². The Morgan fingerprint density at radius 3 is 2.87 bits per heavy atom. The van der Waals surface area contributed by atoms with Crippen LogP contribution in [0.5, 0.6) is 0 Å². The first-order chi connectivity index (χ1) is 7.11. The zero-order valence-electron chi connectivity index (χ0n) is 9.28. The van der Waals surface area contributed by atoms with E-state index in [1.165, 1.54) is 19.4 Å². The Morgan fingerprint density at radius 1 is 1.33 bits per heavy atom. The van der Waals surface area contributed by atoms with Crippen molar-refractivity contribution >= 4 is 10.0 Å². The quantitative estimate of drug-likeness (QED) is 0.773. The molecule has 5 heteroatoms. The molecule has 0 aliphatic carbocycles. The van der Waals surface area contributed by atoms with Crippen LogP contribution >= 0.6 is 0 Å². The summed E-state index contributed by atoms with van der Waals surface area (Å²) in [6.45, 7) is 3.95. The molecule has 0 bridgehead atoms. The molecule has 0 spiro atoms. The molecule has 2 heterocycles. The average molecular weight is 232 g/mol. The van der Waals surface area contributed by atoms with Gasteiger partial charge in [-0.2, -0.15) is 0 Å². The third-order valence-electron chi connectivity index (χ3n) is 3.55. The maximum Gasteiger partial charge on any atom is 0.211 e. The van der Waals surface area contributed by atoms with Crippen LogP contribution in [0.15, 0.2) is 0 Å². The van der Waals surface area contributed by atoms with Gasteiger partial charge in [-0.1, -0.05) is 0 Å². The Labute approximate surface area is 92.1 Å². The van der Waals surface area contributed by atoms with Crippen molar-refractivity contribution in [3.8, 4) is 0 Å². The number of nitrogens with zero attached hydrogens (tertiary/aromatic N) is 1. The van der Waals surface area contributed by atoms with Gasteiger partial charge in [0, 0.05) is 12.1 Å². The minimum absolute atomic E-state index is 0.175. The molecule has 2 fully saturated rings. The second kappa shape index (κ2) is 4.39. The summed E-state index contributed by atoms with van der Waals surface area (Å²) in [4.78, 5) is 2.50. The smallest absolute Gasteiger partial charge is 0.211 e. The van der Waals surface area contributed by atoms with Crippen molar-refractivity contribution in [2.45, 2.75) is 44.7 Å². The van der Waals surface area contributed by atoms with Crippen molar-refractivity contribution in [1.29, 1.82) is 0 Å². The van der Waals surface area contributed by atoms with Gasteiger partial charge in [-0.25, -0.2) is 13.1 Å². The van der Waals surface area contributed by atoms with Crippen molar-refractivity contribution in [2.24, 2.45) is 0 Å². The number of sulfonamides is 1. The van der Waals surface area contributed by atoms with E-state index >= 15 is 0 Å². The average Bonchev–Trinajstić information content (AvgIpc) is 2.64. The molecular weight excluding hydrogens is 212 g/mol. The Kier molecular flexibility index (Phi) is 3.33. The standard InChI is InChI=1S/C10H20N2O2S/c1-2-15(13,14)11-9-5-7-12-6-3-4-10(12)8-9/h9-11H,2-8H2,1H3. The molecule has 0 amide bonds. The van der Waals surface area contributed by atoms with Crippen LogP contribution in [0.3, 0.4) is 0 Å². The van der Waals surface area contributed by atoms with Crippen LogP contribution in [0.25, 0.3) is 0 Å². The van der Waals surface area contributed by atoms with Crippen LogP contribution in [0.1, 0.15) is 32.6 Å². The lowest BCUT2D eigenvalue weighted by Gasteiger charge is -2.34. The summed E-state index contributed by atoms with van der Waals surface area (Å²) >= 11 is 0. The second-order valence-corrected chi connectivity index (χ2v) is 6.62. The molecule has 2 unspecified atom stereocenters. The Morgan fingerprint density at radius 2 is 2.13 bits per heavy atom. The molecule has 0 aromatic rings. The predicted molar refractivity (Wildman–Crippen MR) is 60.2 cm³/mol. The SMILES string of the molecule is CCS(=O)(=O)NC1CCN2CCCC2C1. The number of hydrogen-bond acceptors (Lipinski definition) is 3. The molecule has 2 atom stereocenters. The molecule has 0 aromatic carbocycles. The molecule has 2 saturated heterocycles. The lowest BCUT2D eigenvalue weighted by Crippen LogP contribution is -2.47. The normalized spacial score (nSPS) is 32.9. The van der Waals surface area contributed by atoms with Crippen LogP contribution in [-0.4, -0.2) is 44.2 Å². The molecule has 2 aliphatic rings. The molecular formula is C10H20N2O2S. The number of hydrogen-bond donors (Lipinski definition) is 1. The number of fused-ring (bicyclic) bond motifs is 1. The maximum absolute atomic E-state index is 11.4. The fraction of sp³-hybridized carbons (Fsp3) is 1.00. The molecule has 0 saturated carbocycles. The molecule has 2 aliphatic heterocycles. The first-order valence-corrected chi connectivity index (χ1v) is 7.50. The first kappa shape index (κ1) is 11.4. The summed E-state index contributed by atoms with van der Waals surface area (Å²) in [5.41, 5.74) is 0. The lowest BCUT2D eigenvalue weighted by atomic mass is 9.99. The van der Waals surface area contributed by atoms with Crippen LogP contribution in [0, 0.1) is 0 Å². The zero-order valence-corrected chi connectivity index (χ0v) is 10.1. The monoisotopic (exact) mass is 232 g/mol. The largest absolute Gasteiger partial charge is 0.300 e. The van der Waals surface area contributed by atoms with Gasteiger partial charge in [0.1, 0.15) is 0 Å². The minimum Gasteiger partial charge on any atom is -0.300 e. The fourth-order valence-electron chi connectivity index (χ4n) is 2.67. The van der Waals surface area contributed by atoms with Crippen LogP contribution < -0.4 is 4.72 Å². The van der Waals surface area contributed by atoms with Crippen molar-refractivity contribution < 1.29 is 8.42 Å². The molecule has 88 valence electrons. The summed E-state index contributed by atoms with van der Waals surface area (Å²) < 4.78 is 25.7. The van der Waals surface area contributed by atoms with E-state index in [1.807, 2.05) is 0 Å². The van der Waals surface area contributed by atoms with E-state index in [4.69, 9.17) is 0 Å². The second-order valence-electron chi connectivity index (χ2n) is 4.57. The van der Waals surface area contributed by atoms with E-state index in [-0.39, 0.29) is 11.8 Å². The van der Waals surface area contributed by atoms with Gasteiger partial charge in [0.15, 0.2) is 0 Å². The third-order valence-corrected chi connectivity index (χ3v) is 5.00. The summed E-state index contributed by atoms with van der Waals surface area (Å²) in [5.74, 6) is 0.192. The number of nitrogens with one attached hydrogen (secondary N) is 1. The van der Waals surface area contributed by atoms with E-state index in [0.717, 1.165) is 19.4 Å². The van der Waals surface area contributed by atoms with Gasteiger partial charge in [-0.3, -0.25) is 0 Å². The third kappa shape index (κ3) is 2.71. The number of rotatable bonds is 3. The maximum atomic E-state index is 11.4. The van der Waals surface area contributed by atoms with E-state index in [9.17, 15) is 8.42 Å². The highest BCUT2D eigenvalue weighted by Gasteiger charge is 2.32. The van der Waals surface area contributed by atoms with Crippen LogP contribution in [-0.2, 0) is 10.0 Å². The highest BCUT2D eigenvalue weighted by Crippen LogP contribution is 2.26. The molecule has 15 heavy (non-hydrogen) atoms. The molecule has 0 aromatic heterocycles. The Balaban J connectivity index is 1.90. The molecule has 4 nitrogen and oxygen atoms in total. The topological polar surface area (TPSA) is 49.4 Å². The highest BCUT2D eigenvalue weighted by atomic mass is 32.2. The molecule has 2 rings (SSSR count). The van der Waals surface area contributed by atoms with Gasteiger partial charge in [0.05, 0.1) is 5.75 Å². The van der Waals surface area contributed by atoms with Gasteiger partial charge in [-0.15, -0.1) is 0 Å². The van der Waals surface area contributed by atoms with E-state index < -0.39 is 10.0 Å². The van der Waals surface area contributed by atoms with Gasteiger partial charge in [0.25, 0.3) is 0 Å². The summed E-state index contributed by atoms with van der Waals surface area (Å²) in [5, 5.41) is 0. The summed E-state index contributed by atoms with van der Waals surface area (Å²) in [6, 6.07) is 0.803. The van der Waals surface area contributed by atoms with Crippen LogP contribution in [0.2, 0.25) is 0 Å². The first-order valence-electron chi connectivity index (χ1n) is 5.85. The van der Waals surface area contributed by atoms with E-state index in [0.29, 0.717) is 6.04 Å². The van der Waals surface area contributed by atoms with E-state index in [2.05, 4.69) is 9.62 Å². The predicted octanol–water partition coefficient (Wildman–Crippen LogP) is 0.552. The van der Waals surface area contributed by atoms with Crippen molar-refractivity contribution in [3.05, 3.63) is 0 Å². The molecule has 1 N–H and O–H groups in total. The fourth-order valence-corrected chi connectivity index (χ4v) is 3.56. The summed E-state index contributed by atoms with van der Waals surface area (Å²) in [7, 11) is -3.02. The highest BCUT2D eigenvalue weighted by molar-refractivity contribution is 7.89. The Hall–Kier alpha value is -0.130. The zero-order chi connectivity index (χ0) is 10.9. The molecule has 0 radical (unpaired) electrons. The van der Waals surface area contributed by atoms with Crippen LogP contribution in [0.4, 0.5) is 0 Å². The summed E-state index contributed by atoms with van der Waals surface area (Å²) in [6.07, 6.45) is 4.48. The van der Waals surface area contributed by atoms with Gasteiger partial charge in [-0.05, 0) is 45.7 Å². The van der Waals surface area contributed by atoms with Crippen molar-refractivity contribution in [2.75, 3.05) is 18.8 Å². The Bertz CT molecular complexity index is 315. The van der Waals surface area contributed by atoms with Gasteiger partial charge >= 0.3 is 0 Å². The van der Waals surface area contributed by atoms with Crippen molar-refractivity contribution in [1.82, 2.24) is 9.62 Å². The van der Waals surface area contributed by atoms with Crippen molar-refractivity contribution in [3.63, 3.8) is 0 Å². The minimum atomic E-state index is -3.02. The van der Waals surface area contributed by atoms with Gasteiger partial charge in [0.2, 0.25) is 10.0 Å². The van der Waals surface area contributed by atoms with Gasteiger partial charge < -0.3 is 4.90 Å². The lowest BCUT2D eigenvalue weighted by molar-refractivity contribution is 0.176. The number of piperidine rings is 1.